The molecule has 0 spiro atoms. The third-order valence-electron chi connectivity index (χ3n) is 2.39. The number of carbonyl (C=O) groups excluding carboxylic acids is 1. The fraction of sp³-hybridized carbons (Fsp3) is 0.0769. The normalized spacial score (nSPS) is 12.0. The van der Waals surface area contributed by atoms with Gasteiger partial charge in [-0.2, -0.15) is 0 Å². The van der Waals surface area contributed by atoms with Gasteiger partial charge in [0.2, 0.25) is 0 Å². The highest BCUT2D eigenvalue weighted by atomic mass is 32.2. The summed E-state index contributed by atoms with van der Waals surface area (Å²) >= 11 is 0. The predicted molar refractivity (Wildman–Crippen MR) is 69.3 cm³/mol. The number of benzene rings is 1. The summed E-state index contributed by atoms with van der Waals surface area (Å²) in [6, 6.07) is 12.5. The van der Waals surface area contributed by atoms with Crippen LogP contribution in [0.5, 0.6) is 0 Å². The monoisotopic (exact) mass is 260 g/mol. The number of carbonyl (C=O) groups is 1. The number of amides is 1. The summed E-state index contributed by atoms with van der Waals surface area (Å²) in [7, 11) is -1.38. The second-order valence-corrected chi connectivity index (χ2v) is 5.06. The second-order valence-electron chi connectivity index (χ2n) is 3.70. The SMILES string of the molecule is NC(=O)c1cccnc1S(=O)Cc1ccccc1. The van der Waals surface area contributed by atoms with Crippen molar-refractivity contribution in [1.29, 1.82) is 0 Å². The quantitative estimate of drug-likeness (QED) is 0.905. The number of pyridine rings is 1. The molecular formula is C13H12N2O2S. The Morgan fingerprint density at radius 2 is 1.89 bits per heavy atom. The van der Waals surface area contributed by atoms with E-state index in [0.29, 0.717) is 5.75 Å². The van der Waals surface area contributed by atoms with Crippen LogP contribution in [-0.2, 0) is 16.6 Å². The van der Waals surface area contributed by atoms with Gasteiger partial charge in [0, 0.05) is 6.20 Å². The largest absolute Gasteiger partial charge is 0.366 e. The van der Waals surface area contributed by atoms with Crippen LogP contribution < -0.4 is 5.73 Å². The molecule has 2 rings (SSSR count). The van der Waals surface area contributed by atoms with Crippen molar-refractivity contribution in [3.63, 3.8) is 0 Å². The molecule has 2 aromatic rings. The van der Waals surface area contributed by atoms with Gasteiger partial charge in [-0.3, -0.25) is 9.00 Å². The fourth-order valence-electron chi connectivity index (χ4n) is 1.55. The van der Waals surface area contributed by atoms with E-state index in [1.807, 2.05) is 30.3 Å². The first-order valence-electron chi connectivity index (χ1n) is 5.35. The van der Waals surface area contributed by atoms with Crippen molar-refractivity contribution in [1.82, 2.24) is 4.98 Å². The van der Waals surface area contributed by atoms with Crippen molar-refractivity contribution in [3.05, 3.63) is 59.8 Å². The molecule has 0 aliphatic carbocycles. The minimum Gasteiger partial charge on any atom is -0.366 e. The first kappa shape index (κ1) is 12.4. The summed E-state index contributed by atoms with van der Waals surface area (Å²) in [4.78, 5) is 15.2. The first-order valence-corrected chi connectivity index (χ1v) is 6.67. The maximum absolute atomic E-state index is 12.2. The highest BCUT2D eigenvalue weighted by Gasteiger charge is 2.15. The third kappa shape index (κ3) is 2.81. The lowest BCUT2D eigenvalue weighted by Crippen LogP contribution is -2.15. The van der Waals surface area contributed by atoms with Gasteiger partial charge in [-0.05, 0) is 17.7 Å². The second kappa shape index (κ2) is 5.55. The zero-order valence-corrected chi connectivity index (χ0v) is 10.4. The van der Waals surface area contributed by atoms with Crippen LogP contribution in [0, 0.1) is 0 Å². The number of hydrogen-bond donors (Lipinski definition) is 1. The molecule has 0 radical (unpaired) electrons. The first-order chi connectivity index (χ1) is 8.68. The zero-order valence-electron chi connectivity index (χ0n) is 9.58. The van der Waals surface area contributed by atoms with Gasteiger partial charge in [0.05, 0.1) is 22.1 Å². The Balaban J connectivity index is 2.27. The summed E-state index contributed by atoms with van der Waals surface area (Å²) in [5, 5.41) is 0.244. The molecule has 2 N–H and O–H groups in total. The van der Waals surface area contributed by atoms with Gasteiger partial charge in [-0.25, -0.2) is 4.98 Å². The number of aromatic nitrogens is 1. The lowest BCUT2D eigenvalue weighted by Gasteiger charge is -2.05. The molecule has 0 aliphatic rings. The average Bonchev–Trinajstić information content (AvgIpc) is 2.40. The molecule has 1 heterocycles. The van der Waals surface area contributed by atoms with E-state index >= 15 is 0 Å². The maximum atomic E-state index is 12.2. The van der Waals surface area contributed by atoms with Crippen LogP contribution in [0.15, 0.2) is 53.7 Å². The Hall–Kier alpha value is -2.01. The van der Waals surface area contributed by atoms with Crippen LogP contribution >= 0.6 is 0 Å². The highest BCUT2D eigenvalue weighted by molar-refractivity contribution is 7.84. The number of nitrogens with two attached hydrogens (primary N) is 1. The Kier molecular flexibility index (Phi) is 3.84. The molecule has 92 valence electrons. The standard InChI is InChI=1S/C13H12N2O2S/c14-12(16)11-7-4-8-15-13(11)18(17)9-10-5-2-1-3-6-10/h1-8H,9H2,(H2,14,16). The summed E-state index contributed by atoms with van der Waals surface area (Å²) in [6.45, 7) is 0. The van der Waals surface area contributed by atoms with Crippen molar-refractivity contribution in [2.24, 2.45) is 5.73 Å². The molecule has 0 bridgehead atoms. The predicted octanol–water partition coefficient (Wildman–Crippen LogP) is 1.49. The number of hydrogen-bond acceptors (Lipinski definition) is 3. The van der Waals surface area contributed by atoms with E-state index in [1.165, 1.54) is 12.3 Å². The van der Waals surface area contributed by atoms with Crippen LogP contribution in [0.4, 0.5) is 0 Å². The minimum absolute atomic E-state index is 0.215. The Bertz CT molecular complexity index is 585. The highest BCUT2D eigenvalue weighted by Crippen LogP contribution is 2.14. The molecule has 1 unspecified atom stereocenters. The average molecular weight is 260 g/mol. The van der Waals surface area contributed by atoms with Crippen LogP contribution in [0.3, 0.4) is 0 Å². The van der Waals surface area contributed by atoms with E-state index in [4.69, 9.17) is 5.73 Å². The van der Waals surface area contributed by atoms with E-state index < -0.39 is 16.7 Å². The molecule has 0 saturated carbocycles. The Labute approximate surface area is 107 Å². The molecule has 18 heavy (non-hydrogen) atoms. The smallest absolute Gasteiger partial charge is 0.251 e. The fourth-order valence-corrected chi connectivity index (χ4v) is 2.78. The Morgan fingerprint density at radius 1 is 1.17 bits per heavy atom. The van der Waals surface area contributed by atoms with Gasteiger partial charge >= 0.3 is 0 Å². The van der Waals surface area contributed by atoms with Crippen molar-refractivity contribution in [2.45, 2.75) is 10.8 Å². The molecule has 1 amide bonds. The lowest BCUT2D eigenvalue weighted by atomic mass is 10.2. The van der Waals surface area contributed by atoms with E-state index in [1.54, 1.807) is 6.07 Å². The van der Waals surface area contributed by atoms with Gasteiger partial charge in [0.25, 0.3) is 5.91 Å². The topological polar surface area (TPSA) is 73.1 Å². The van der Waals surface area contributed by atoms with Gasteiger partial charge < -0.3 is 5.73 Å². The van der Waals surface area contributed by atoms with E-state index in [0.717, 1.165) is 5.56 Å². The summed E-state index contributed by atoms with van der Waals surface area (Å²) < 4.78 is 12.2. The van der Waals surface area contributed by atoms with Crippen LogP contribution in [-0.4, -0.2) is 15.1 Å². The van der Waals surface area contributed by atoms with Crippen molar-refractivity contribution >= 4 is 16.7 Å². The number of nitrogens with zero attached hydrogens (tertiary/aromatic N) is 1. The third-order valence-corrected chi connectivity index (χ3v) is 3.75. The van der Waals surface area contributed by atoms with E-state index in [2.05, 4.69) is 4.98 Å². The van der Waals surface area contributed by atoms with Crippen LogP contribution in [0.25, 0.3) is 0 Å². The summed E-state index contributed by atoms with van der Waals surface area (Å²) in [6.07, 6.45) is 1.50. The minimum atomic E-state index is -1.38. The summed E-state index contributed by atoms with van der Waals surface area (Å²) in [5.41, 5.74) is 6.37. The van der Waals surface area contributed by atoms with Crippen LogP contribution in [0.2, 0.25) is 0 Å². The van der Waals surface area contributed by atoms with Crippen molar-refractivity contribution in [2.75, 3.05) is 0 Å². The molecule has 0 saturated heterocycles. The van der Waals surface area contributed by atoms with Crippen LogP contribution in [0.1, 0.15) is 15.9 Å². The van der Waals surface area contributed by atoms with Gasteiger partial charge in [-0.1, -0.05) is 30.3 Å². The van der Waals surface area contributed by atoms with Gasteiger partial charge in [-0.15, -0.1) is 0 Å². The molecule has 1 aromatic heterocycles. The number of rotatable bonds is 4. The van der Waals surface area contributed by atoms with E-state index in [9.17, 15) is 9.00 Å². The molecular weight excluding hydrogens is 248 g/mol. The molecule has 1 aromatic carbocycles. The van der Waals surface area contributed by atoms with Gasteiger partial charge in [0.1, 0.15) is 5.03 Å². The number of primary amides is 1. The maximum Gasteiger partial charge on any atom is 0.251 e. The van der Waals surface area contributed by atoms with E-state index in [-0.39, 0.29) is 10.6 Å². The van der Waals surface area contributed by atoms with Gasteiger partial charge in [0.15, 0.2) is 0 Å². The molecule has 4 nitrogen and oxygen atoms in total. The Morgan fingerprint density at radius 3 is 2.56 bits per heavy atom. The van der Waals surface area contributed by atoms with Crippen molar-refractivity contribution in [3.8, 4) is 0 Å². The molecule has 1 atom stereocenters. The summed E-state index contributed by atoms with van der Waals surface area (Å²) in [5.74, 6) is -0.294. The zero-order chi connectivity index (χ0) is 13.0. The van der Waals surface area contributed by atoms with Crippen molar-refractivity contribution < 1.29 is 9.00 Å². The molecule has 0 fully saturated rings. The molecule has 0 aliphatic heterocycles. The lowest BCUT2D eigenvalue weighted by molar-refractivity contribution is 0.0996. The molecule has 5 heteroatoms.